The van der Waals surface area contributed by atoms with Crippen LogP contribution >= 0.6 is 0 Å². The molecule has 0 atom stereocenters. The molecule has 2 N–H and O–H groups in total. The molecule has 2 aromatic carbocycles. The Morgan fingerprint density at radius 3 is 2.59 bits per heavy atom. The van der Waals surface area contributed by atoms with Crippen LogP contribution in [-0.2, 0) is 10.9 Å². The lowest BCUT2D eigenvalue weighted by Crippen LogP contribution is -2.30. The topological polar surface area (TPSA) is 79.4 Å². The van der Waals surface area contributed by atoms with Crippen LogP contribution in [0.2, 0.25) is 0 Å². The second-order valence-electron chi connectivity index (χ2n) is 6.06. The Hall–Kier alpha value is -3.36. The van der Waals surface area contributed by atoms with Crippen molar-refractivity contribution in [2.75, 3.05) is 6.61 Å². The van der Waals surface area contributed by atoms with Gasteiger partial charge in [0.25, 0.3) is 0 Å². The van der Waals surface area contributed by atoms with E-state index in [1.54, 1.807) is 25.1 Å². The number of amides is 1. The maximum atomic E-state index is 13.7. The summed E-state index contributed by atoms with van der Waals surface area (Å²) < 4.78 is 45.9. The van der Waals surface area contributed by atoms with Gasteiger partial charge in [0, 0.05) is 5.56 Å². The quantitative estimate of drug-likeness (QED) is 0.712. The molecule has 4 rings (SSSR count). The molecule has 0 bridgehead atoms. The van der Waals surface area contributed by atoms with Gasteiger partial charge in [0.15, 0.2) is 0 Å². The molecule has 1 aliphatic heterocycles. The molecule has 0 fully saturated rings. The van der Waals surface area contributed by atoms with Gasteiger partial charge in [-0.1, -0.05) is 18.2 Å². The maximum absolute atomic E-state index is 13.7. The Morgan fingerprint density at radius 1 is 1.11 bits per heavy atom. The molecule has 0 saturated carbocycles. The van der Waals surface area contributed by atoms with Crippen molar-refractivity contribution >= 4 is 22.8 Å². The molecule has 1 amide bonds. The zero-order valence-corrected chi connectivity index (χ0v) is 14.0. The number of nitrogens with one attached hydrogen (secondary N) is 2. The fourth-order valence-electron chi connectivity index (χ4n) is 2.97. The first-order valence-electron chi connectivity index (χ1n) is 7.99. The van der Waals surface area contributed by atoms with Crippen LogP contribution in [0, 0.1) is 6.92 Å². The van der Waals surface area contributed by atoms with Crippen LogP contribution in [-0.4, -0.2) is 28.4 Å². The first kappa shape index (κ1) is 17.1. The predicted octanol–water partition coefficient (Wildman–Crippen LogP) is 4.00. The molecule has 0 radical (unpaired) electrons. The van der Waals surface area contributed by atoms with Gasteiger partial charge in [-0.3, -0.25) is 0 Å². The number of ether oxygens (including phenoxy) is 1. The zero-order valence-electron chi connectivity index (χ0n) is 14.0. The number of imidazole rings is 1. The van der Waals surface area contributed by atoms with Crippen LogP contribution < -0.4 is 5.43 Å². The summed E-state index contributed by atoms with van der Waals surface area (Å²) in [5.41, 5.74) is 3.54. The van der Waals surface area contributed by atoms with E-state index in [1.165, 1.54) is 12.1 Å². The molecular formula is C18H13F3N4O2. The second-order valence-corrected chi connectivity index (χ2v) is 6.06. The van der Waals surface area contributed by atoms with E-state index in [0.717, 1.165) is 6.07 Å². The van der Waals surface area contributed by atoms with E-state index < -0.39 is 17.8 Å². The van der Waals surface area contributed by atoms with Crippen LogP contribution in [0.1, 0.15) is 17.0 Å². The number of hydrogen-bond donors (Lipinski definition) is 2. The second kappa shape index (κ2) is 6.11. The van der Waals surface area contributed by atoms with Gasteiger partial charge in [-0.05, 0) is 36.2 Å². The van der Waals surface area contributed by atoms with Gasteiger partial charge < -0.3 is 9.72 Å². The maximum Gasteiger partial charge on any atom is 0.428 e. The molecule has 0 spiro atoms. The number of rotatable bonds is 2. The molecule has 1 aliphatic rings. The van der Waals surface area contributed by atoms with Crippen molar-refractivity contribution in [3.05, 3.63) is 53.3 Å². The third-order valence-electron chi connectivity index (χ3n) is 4.19. The standard InChI is InChI=1S/C18H13F3N4O2/c1-9-22-14-5-3-10(7-15(14)23-9)12-4-2-11(6-13(12)18(19,20)21)16-8-27-17(26)25-24-16/h2-7H,8H2,1H3,(H,22,23)(H,25,26). The van der Waals surface area contributed by atoms with E-state index in [0.29, 0.717) is 22.4 Å². The number of cyclic esters (lactones) is 1. The molecule has 6 nitrogen and oxygen atoms in total. The number of fused-ring (bicyclic) bond motifs is 1. The molecule has 1 aromatic heterocycles. The van der Waals surface area contributed by atoms with Gasteiger partial charge in [0.2, 0.25) is 0 Å². The van der Waals surface area contributed by atoms with Gasteiger partial charge >= 0.3 is 12.3 Å². The third kappa shape index (κ3) is 3.23. The van der Waals surface area contributed by atoms with E-state index in [-0.39, 0.29) is 23.4 Å². The molecule has 2 heterocycles. The number of carbonyl (C=O) groups is 1. The number of H-pyrrole nitrogens is 1. The summed E-state index contributed by atoms with van der Waals surface area (Å²) in [6.45, 7) is 1.59. The highest BCUT2D eigenvalue weighted by molar-refractivity contribution is 6.04. The Bertz CT molecular complexity index is 1090. The molecule has 9 heteroatoms. The highest BCUT2D eigenvalue weighted by atomic mass is 19.4. The molecule has 0 aliphatic carbocycles. The lowest BCUT2D eigenvalue weighted by Gasteiger charge is -2.17. The largest absolute Gasteiger partial charge is 0.442 e. The van der Waals surface area contributed by atoms with Crippen LogP contribution in [0.3, 0.4) is 0 Å². The van der Waals surface area contributed by atoms with E-state index in [4.69, 9.17) is 4.74 Å². The van der Waals surface area contributed by atoms with E-state index in [9.17, 15) is 18.0 Å². The number of carbonyl (C=O) groups excluding carboxylic acids is 1. The normalized spacial score (nSPS) is 14.7. The van der Waals surface area contributed by atoms with Crippen LogP contribution in [0.4, 0.5) is 18.0 Å². The molecule has 0 saturated heterocycles. The first-order chi connectivity index (χ1) is 12.8. The lowest BCUT2D eigenvalue weighted by atomic mass is 9.95. The SMILES string of the molecule is Cc1nc2ccc(-c3ccc(C4=NNC(=O)OC4)cc3C(F)(F)F)cc2[nH]1. The van der Waals surface area contributed by atoms with Crippen molar-refractivity contribution in [1.82, 2.24) is 15.4 Å². The fourth-order valence-corrected chi connectivity index (χ4v) is 2.97. The van der Waals surface area contributed by atoms with Crippen molar-refractivity contribution in [3.8, 4) is 11.1 Å². The number of aromatic nitrogens is 2. The minimum Gasteiger partial charge on any atom is -0.442 e. The summed E-state index contributed by atoms with van der Waals surface area (Å²) in [6.07, 6.45) is -5.31. The summed E-state index contributed by atoms with van der Waals surface area (Å²) >= 11 is 0. The summed E-state index contributed by atoms with van der Waals surface area (Å²) in [5, 5.41) is 3.76. The zero-order chi connectivity index (χ0) is 19.2. The average molecular weight is 374 g/mol. The van der Waals surface area contributed by atoms with Gasteiger partial charge in [-0.15, -0.1) is 0 Å². The van der Waals surface area contributed by atoms with Crippen molar-refractivity contribution in [2.24, 2.45) is 5.10 Å². The molecule has 3 aromatic rings. The Morgan fingerprint density at radius 2 is 1.89 bits per heavy atom. The number of aromatic amines is 1. The number of nitrogens with zero attached hydrogens (tertiary/aromatic N) is 2. The van der Waals surface area contributed by atoms with Crippen molar-refractivity contribution in [2.45, 2.75) is 13.1 Å². The lowest BCUT2D eigenvalue weighted by molar-refractivity contribution is -0.137. The number of aryl methyl sites for hydroxylation is 1. The summed E-state index contributed by atoms with van der Waals surface area (Å²) in [4.78, 5) is 18.3. The van der Waals surface area contributed by atoms with E-state index in [1.807, 2.05) is 0 Å². The minimum absolute atomic E-state index is 0.0433. The smallest absolute Gasteiger partial charge is 0.428 e. The van der Waals surface area contributed by atoms with E-state index in [2.05, 4.69) is 20.5 Å². The van der Waals surface area contributed by atoms with Crippen molar-refractivity contribution in [1.29, 1.82) is 0 Å². The number of alkyl halides is 3. The molecular weight excluding hydrogens is 361 g/mol. The highest BCUT2D eigenvalue weighted by Gasteiger charge is 2.34. The summed E-state index contributed by atoms with van der Waals surface area (Å²) in [5.74, 6) is 0.686. The van der Waals surface area contributed by atoms with Crippen LogP contribution in [0.25, 0.3) is 22.2 Å². The molecule has 0 unspecified atom stereocenters. The number of hydrogen-bond acceptors (Lipinski definition) is 4. The monoisotopic (exact) mass is 374 g/mol. The van der Waals surface area contributed by atoms with Crippen LogP contribution in [0.5, 0.6) is 0 Å². The van der Waals surface area contributed by atoms with Crippen molar-refractivity contribution in [3.63, 3.8) is 0 Å². The van der Waals surface area contributed by atoms with Crippen molar-refractivity contribution < 1.29 is 22.7 Å². The number of halogens is 3. The third-order valence-corrected chi connectivity index (χ3v) is 4.19. The average Bonchev–Trinajstić information content (AvgIpc) is 3.00. The Balaban J connectivity index is 1.83. The highest BCUT2D eigenvalue weighted by Crippen LogP contribution is 2.38. The summed E-state index contributed by atoms with van der Waals surface area (Å²) in [6, 6.07) is 8.84. The van der Waals surface area contributed by atoms with Gasteiger partial charge in [0.05, 0.1) is 16.6 Å². The molecule has 138 valence electrons. The Kier molecular flexibility index (Phi) is 3.87. The van der Waals surface area contributed by atoms with Gasteiger partial charge in [-0.25, -0.2) is 15.2 Å². The van der Waals surface area contributed by atoms with Gasteiger partial charge in [0.1, 0.15) is 18.1 Å². The summed E-state index contributed by atoms with van der Waals surface area (Å²) in [7, 11) is 0. The Labute approximate surface area is 151 Å². The number of hydrazone groups is 1. The minimum atomic E-state index is -4.57. The van der Waals surface area contributed by atoms with E-state index >= 15 is 0 Å². The van der Waals surface area contributed by atoms with Gasteiger partial charge in [-0.2, -0.15) is 18.3 Å². The fraction of sp³-hybridized carbons (Fsp3) is 0.167. The predicted molar refractivity (Wildman–Crippen MR) is 92.3 cm³/mol. The first-order valence-corrected chi connectivity index (χ1v) is 7.99. The van der Waals surface area contributed by atoms with Crippen LogP contribution in [0.15, 0.2) is 41.5 Å². The number of benzene rings is 2. The molecule has 27 heavy (non-hydrogen) atoms.